The van der Waals surface area contributed by atoms with Gasteiger partial charge in [-0.1, -0.05) is 0 Å². The summed E-state index contributed by atoms with van der Waals surface area (Å²) in [6.07, 6.45) is 0. The predicted molar refractivity (Wildman–Crippen MR) is 29.5 cm³/mol. The Morgan fingerprint density at radius 2 is 2.50 bits per heavy atom. The van der Waals surface area contributed by atoms with Crippen molar-refractivity contribution in [1.82, 2.24) is 0 Å². The van der Waals surface area contributed by atoms with Gasteiger partial charge in [0.1, 0.15) is 0 Å². The molecule has 0 rings (SSSR count). The number of aliphatic hydroxyl groups is 1. The second-order valence-corrected chi connectivity index (χ2v) is 1.74. The Kier molecular flexibility index (Phi) is 1.17. The van der Waals surface area contributed by atoms with Crippen LogP contribution in [0.3, 0.4) is 0 Å². The number of halogens is 1. The molecule has 50 valence electrons. The fourth-order valence-corrected chi connectivity index (χ4v) is 0.151. The summed E-state index contributed by atoms with van der Waals surface area (Å²) in [4.78, 5) is 0. The highest BCUT2D eigenvalue weighted by Gasteiger charge is 2.03. The molecule has 0 bridgehead atoms. The molecule has 0 fully saturated rings. The molecule has 0 aliphatic rings. The number of nitrogens with zero attached hydrogens (tertiary/aromatic N) is 1. The Balaban J connectivity index is 4.85. The molecule has 0 radical (unpaired) electrons. The molecule has 8 heavy (non-hydrogen) atoms. The number of rotatable bonds is 3. The number of alkyl halides is 1. The molecule has 0 aliphatic heterocycles. The maximum atomic E-state index is 12.2. The third-order valence-electron chi connectivity index (χ3n) is 0.584. The van der Waals surface area contributed by atoms with E-state index in [9.17, 15) is 4.39 Å². The molecule has 0 aromatic rings. The minimum Gasteiger partial charge on any atom is -0.431 e. The van der Waals surface area contributed by atoms with Crippen molar-refractivity contribution in [3.05, 3.63) is 7.05 Å². The van der Waals surface area contributed by atoms with Crippen LogP contribution in [0.15, 0.2) is 0 Å². The van der Waals surface area contributed by atoms with E-state index in [-0.39, 0.29) is 0 Å². The van der Waals surface area contributed by atoms with Gasteiger partial charge in [0.15, 0.2) is 6.80 Å². The Labute approximate surface area is 54.7 Å². The number of quaternary nitrogens is 1. The van der Waals surface area contributed by atoms with E-state index in [4.69, 9.17) is 10.6 Å². The molecule has 3 heteroatoms. The summed E-state index contributed by atoms with van der Waals surface area (Å²) in [6.45, 7) is -7.09. The van der Waals surface area contributed by atoms with Crippen molar-refractivity contribution in [1.29, 1.82) is 0 Å². The highest BCUT2D eigenvalue weighted by atomic mass is 18.2. The van der Waals surface area contributed by atoms with Gasteiger partial charge in [0, 0.05) is 7.05 Å². The highest BCUT2D eigenvalue weighted by Crippen LogP contribution is 1.96. The van der Waals surface area contributed by atoms with E-state index in [1.54, 1.807) is 0 Å². The molecule has 1 unspecified atom stereocenters. The summed E-state index contributed by atoms with van der Waals surface area (Å²) >= 11 is 0. The first kappa shape index (κ1) is 3.13. The molecule has 0 saturated heterocycles. The van der Waals surface area contributed by atoms with Crippen LogP contribution in [0.25, 0.3) is 0 Å². The third kappa shape index (κ3) is 2.93. The second kappa shape index (κ2) is 2.99. The first-order chi connectivity index (χ1) is 5.06. The van der Waals surface area contributed by atoms with Crippen LogP contribution in [0.1, 0.15) is 5.48 Å². The van der Waals surface area contributed by atoms with E-state index in [1.165, 1.54) is 0 Å². The van der Waals surface area contributed by atoms with Gasteiger partial charge in [-0.2, -0.15) is 4.39 Å². The SMILES string of the molecule is [2H]C([2H])(O)C([2H])([2H])[N+]([CH2-])(C)C[18F]. The Hall–Kier alpha value is -0.150. The van der Waals surface area contributed by atoms with Crippen molar-refractivity contribution >= 4 is 0 Å². The zero-order valence-electron chi connectivity index (χ0n) is 8.69. The molecular formula is C5H12FNO. The lowest BCUT2D eigenvalue weighted by Crippen LogP contribution is -2.38. The van der Waals surface area contributed by atoms with Gasteiger partial charge in [-0.05, 0) is 0 Å². The standard InChI is InChI=1S/C5H12FNO/c1-7(2,5-6)3-4-8/h8H,1,3-5H2,2H3/i3D2,4D2,6-1. The molecule has 0 spiro atoms. The van der Waals surface area contributed by atoms with E-state index in [2.05, 4.69) is 7.05 Å². The van der Waals surface area contributed by atoms with Crippen molar-refractivity contribution in [2.75, 3.05) is 26.9 Å². The summed E-state index contributed by atoms with van der Waals surface area (Å²) in [5.41, 5.74) is 0. The van der Waals surface area contributed by atoms with E-state index in [0.717, 1.165) is 7.05 Å². The van der Waals surface area contributed by atoms with E-state index in [0.29, 0.717) is 0 Å². The lowest BCUT2D eigenvalue weighted by molar-refractivity contribution is -0.879. The molecule has 2 nitrogen and oxygen atoms in total. The molecule has 0 aliphatic carbocycles. The summed E-state index contributed by atoms with van der Waals surface area (Å²) in [6, 6.07) is 0. The van der Waals surface area contributed by atoms with Crippen molar-refractivity contribution in [2.24, 2.45) is 0 Å². The lowest BCUT2D eigenvalue weighted by atomic mass is 10.5. The normalized spacial score (nSPS) is 29.0. The number of hydrogen-bond acceptors (Lipinski definition) is 1. The number of likely N-dealkylation sites (N-methyl/N-ethyl adjacent to an activating group) is 1. The first-order valence-corrected chi connectivity index (χ1v) is 2.04. The van der Waals surface area contributed by atoms with Crippen LogP contribution in [0, 0.1) is 7.05 Å². The van der Waals surface area contributed by atoms with Crippen molar-refractivity contribution in [2.45, 2.75) is 0 Å². The molecular weight excluding hydrogens is 108 g/mol. The van der Waals surface area contributed by atoms with Gasteiger partial charge in [0.05, 0.1) is 18.5 Å². The molecule has 1 N–H and O–H groups in total. The predicted octanol–water partition coefficient (Wildman–Crippen LogP) is 0.144. The van der Waals surface area contributed by atoms with Crippen LogP contribution in [0.4, 0.5) is 4.39 Å². The van der Waals surface area contributed by atoms with Gasteiger partial charge in [-0.3, -0.25) is 0 Å². The van der Waals surface area contributed by atoms with Crippen LogP contribution in [-0.2, 0) is 0 Å². The Morgan fingerprint density at radius 3 is 2.62 bits per heavy atom. The van der Waals surface area contributed by atoms with Crippen LogP contribution >= 0.6 is 0 Å². The monoisotopic (exact) mass is 124 g/mol. The molecule has 0 amide bonds. The van der Waals surface area contributed by atoms with Gasteiger partial charge in [0.25, 0.3) is 0 Å². The topological polar surface area (TPSA) is 20.2 Å². The number of hydrogen-bond donors (Lipinski definition) is 1. The fourth-order valence-electron chi connectivity index (χ4n) is 0.151. The van der Waals surface area contributed by atoms with Crippen molar-refractivity contribution in [3.8, 4) is 0 Å². The molecule has 0 aromatic carbocycles. The summed E-state index contributed by atoms with van der Waals surface area (Å²) in [7, 11) is 4.16. The van der Waals surface area contributed by atoms with Gasteiger partial charge in [-0.15, -0.1) is 7.05 Å². The van der Waals surface area contributed by atoms with Crippen LogP contribution in [0.5, 0.6) is 0 Å². The van der Waals surface area contributed by atoms with Crippen LogP contribution < -0.4 is 0 Å². The average molecular weight is 124 g/mol. The third-order valence-corrected chi connectivity index (χ3v) is 0.584. The fraction of sp³-hybridized carbons (Fsp3) is 0.800. The van der Waals surface area contributed by atoms with Gasteiger partial charge < -0.3 is 9.59 Å². The minimum absolute atomic E-state index is 1.05. The quantitative estimate of drug-likeness (QED) is 0.322. The highest BCUT2D eigenvalue weighted by molar-refractivity contribution is 4.26. The van der Waals surface area contributed by atoms with Crippen LogP contribution in [0.2, 0.25) is 0 Å². The summed E-state index contributed by atoms with van der Waals surface area (Å²) < 4.78 is 38.7. The lowest BCUT2D eigenvalue weighted by Gasteiger charge is -2.33. The molecule has 0 saturated carbocycles. The largest absolute Gasteiger partial charge is 0.431 e. The zero-order valence-corrected chi connectivity index (χ0v) is 4.69. The molecule has 0 heterocycles. The van der Waals surface area contributed by atoms with E-state index < -0.39 is 24.3 Å². The smallest absolute Gasteiger partial charge is 0.198 e. The second-order valence-electron chi connectivity index (χ2n) is 1.74. The maximum absolute atomic E-state index is 12.2. The molecule has 1 atom stereocenters. The van der Waals surface area contributed by atoms with Crippen LogP contribution in [-0.4, -0.2) is 36.5 Å². The van der Waals surface area contributed by atoms with Gasteiger partial charge >= 0.3 is 0 Å². The Morgan fingerprint density at radius 1 is 2.00 bits per heavy atom. The van der Waals surface area contributed by atoms with E-state index in [1.807, 2.05) is 0 Å². The first-order valence-electron chi connectivity index (χ1n) is 4.04. The van der Waals surface area contributed by atoms with Crippen molar-refractivity contribution in [3.63, 3.8) is 0 Å². The maximum Gasteiger partial charge on any atom is 0.198 e. The summed E-state index contributed by atoms with van der Waals surface area (Å²) in [5, 5.41) is 8.75. The summed E-state index contributed by atoms with van der Waals surface area (Å²) in [5.74, 6) is 0. The molecule has 0 aromatic heterocycles. The zero-order chi connectivity index (χ0) is 10.2. The minimum atomic E-state index is -3.12. The average Bonchev–Trinajstić information content (AvgIpc) is 1.85. The van der Waals surface area contributed by atoms with Gasteiger partial charge in [0.2, 0.25) is 0 Å². The van der Waals surface area contributed by atoms with Gasteiger partial charge in [-0.25, -0.2) is 0 Å². The Bertz CT molecular complexity index is 167. The van der Waals surface area contributed by atoms with Crippen molar-refractivity contribution < 1.29 is 19.5 Å². The van der Waals surface area contributed by atoms with E-state index >= 15 is 0 Å².